The Bertz CT molecular complexity index is 1160. The minimum absolute atomic E-state index is 0.388. The fourth-order valence-corrected chi connectivity index (χ4v) is 3.96. The van der Waals surface area contributed by atoms with Crippen molar-refractivity contribution in [3.05, 3.63) is 66.0 Å². The van der Waals surface area contributed by atoms with E-state index in [-0.39, 0.29) is 0 Å². The van der Waals surface area contributed by atoms with Crippen molar-refractivity contribution in [2.75, 3.05) is 32.2 Å². The van der Waals surface area contributed by atoms with Gasteiger partial charge in [-0.3, -0.25) is 10.4 Å². The summed E-state index contributed by atoms with van der Waals surface area (Å²) in [5.41, 5.74) is 5.23. The number of ether oxygens (including phenoxy) is 2. The number of nitrogens with one attached hydrogen (secondary N) is 2. The molecular formula is C29H39N5O2. The lowest BCUT2D eigenvalue weighted by atomic mass is 10.1. The van der Waals surface area contributed by atoms with Crippen molar-refractivity contribution in [2.45, 2.75) is 39.7 Å². The van der Waals surface area contributed by atoms with Crippen LogP contribution in [0, 0.1) is 12.3 Å². The number of rotatable bonds is 13. The Kier molecular flexibility index (Phi) is 9.70. The molecule has 2 N–H and O–H groups in total. The van der Waals surface area contributed by atoms with Crippen LogP contribution >= 0.6 is 0 Å². The number of hydrogen-bond acceptors (Lipinski definition) is 6. The first-order valence-electron chi connectivity index (χ1n) is 12.4. The second kappa shape index (κ2) is 12.9. The van der Waals surface area contributed by atoms with Crippen molar-refractivity contribution >= 4 is 29.0 Å². The molecule has 0 saturated heterocycles. The maximum absolute atomic E-state index is 8.30. The van der Waals surface area contributed by atoms with Crippen molar-refractivity contribution in [2.24, 2.45) is 12.0 Å². The molecule has 0 amide bonds. The lowest BCUT2D eigenvalue weighted by Gasteiger charge is -2.27. The first kappa shape index (κ1) is 27.0. The molecule has 0 saturated carbocycles. The molecule has 3 aromatic rings. The van der Waals surface area contributed by atoms with Crippen LogP contribution in [0.1, 0.15) is 37.8 Å². The second-order valence-electron chi connectivity index (χ2n) is 9.25. The van der Waals surface area contributed by atoms with E-state index in [0.29, 0.717) is 11.8 Å². The van der Waals surface area contributed by atoms with Gasteiger partial charge in [-0.05, 0) is 56.1 Å². The van der Waals surface area contributed by atoms with E-state index >= 15 is 0 Å². The molecular weight excluding hydrogens is 450 g/mol. The Hall–Kier alpha value is -3.58. The molecule has 7 heteroatoms. The Balaban J connectivity index is 1.84. The van der Waals surface area contributed by atoms with E-state index in [1.165, 1.54) is 0 Å². The van der Waals surface area contributed by atoms with Crippen LogP contribution in [0.15, 0.2) is 59.9 Å². The van der Waals surface area contributed by atoms with Gasteiger partial charge in [0.05, 0.1) is 31.8 Å². The average Bonchev–Trinajstić information content (AvgIpc) is 3.31. The van der Waals surface area contributed by atoms with Gasteiger partial charge in [0.15, 0.2) is 0 Å². The maximum atomic E-state index is 8.30. The Morgan fingerprint density at radius 3 is 2.36 bits per heavy atom. The summed E-state index contributed by atoms with van der Waals surface area (Å²) in [6.07, 6.45) is 7.58. The van der Waals surface area contributed by atoms with Crippen LogP contribution in [-0.4, -0.2) is 49.8 Å². The molecule has 0 aliphatic heterocycles. The van der Waals surface area contributed by atoms with Crippen molar-refractivity contribution < 1.29 is 9.47 Å². The van der Waals surface area contributed by atoms with E-state index in [2.05, 4.69) is 48.1 Å². The van der Waals surface area contributed by atoms with Crippen LogP contribution in [0.3, 0.4) is 0 Å². The number of aromatic nitrogens is 1. The van der Waals surface area contributed by atoms with Crippen molar-refractivity contribution in [1.29, 1.82) is 5.41 Å². The highest BCUT2D eigenvalue weighted by atomic mass is 16.5. The molecule has 1 aromatic heterocycles. The van der Waals surface area contributed by atoms with Gasteiger partial charge in [0, 0.05) is 67.2 Å². The standard InChI is InChI=1S/C29H39N5O2/c1-21(2)31-12-7-8-13-34(25-16-26(35-5)18-27(17-25)36-6)24-9-10-29(22(3)15-24)32-19-28(30)23-11-14-33(4)20-23/h9-11,14-21,30-31H,7-8,12-13H2,1-6H3/b30-28?,32-19-. The third-order valence-corrected chi connectivity index (χ3v) is 5.98. The summed E-state index contributed by atoms with van der Waals surface area (Å²) in [5, 5.41) is 11.8. The molecule has 0 unspecified atom stereocenters. The highest BCUT2D eigenvalue weighted by Gasteiger charge is 2.14. The molecule has 0 fully saturated rings. The lowest BCUT2D eigenvalue weighted by molar-refractivity contribution is 0.394. The molecule has 192 valence electrons. The monoisotopic (exact) mass is 489 g/mol. The summed E-state index contributed by atoms with van der Waals surface area (Å²) >= 11 is 0. The van der Waals surface area contributed by atoms with Crippen LogP contribution in [0.25, 0.3) is 0 Å². The maximum Gasteiger partial charge on any atom is 0.124 e. The quantitative estimate of drug-likeness (QED) is 0.227. The predicted octanol–water partition coefficient (Wildman–Crippen LogP) is 6.04. The fraction of sp³-hybridized carbons (Fsp3) is 0.379. The third kappa shape index (κ3) is 7.46. The number of anilines is 2. The number of benzene rings is 2. The number of nitrogens with zero attached hydrogens (tertiary/aromatic N) is 3. The summed E-state index contributed by atoms with van der Waals surface area (Å²) in [5.74, 6) is 1.52. The minimum Gasteiger partial charge on any atom is -0.497 e. The zero-order valence-corrected chi connectivity index (χ0v) is 22.3. The van der Waals surface area contributed by atoms with Crippen molar-refractivity contribution in [3.63, 3.8) is 0 Å². The van der Waals surface area contributed by atoms with E-state index < -0.39 is 0 Å². The van der Waals surface area contributed by atoms with Crippen molar-refractivity contribution in [1.82, 2.24) is 9.88 Å². The minimum atomic E-state index is 0.388. The topological polar surface area (TPSA) is 74.9 Å². The van der Waals surface area contributed by atoms with Gasteiger partial charge < -0.3 is 24.3 Å². The lowest BCUT2D eigenvalue weighted by Crippen LogP contribution is -2.25. The zero-order valence-electron chi connectivity index (χ0n) is 22.3. The zero-order chi connectivity index (χ0) is 26.1. The molecule has 0 bridgehead atoms. The molecule has 0 atom stereocenters. The van der Waals surface area contributed by atoms with Gasteiger partial charge in [-0.1, -0.05) is 13.8 Å². The first-order chi connectivity index (χ1) is 17.3. The fourth-order valence-electron chi connectivity index (χ4n) is 3.96. The number of methoxy groups -OCH3 is 2. The number of aliphatic imine (C=N–C) groups is 1. The highest BCUT2D eigenvalue weighted by Crippen LogP contribution is 2.35. The van der Waals surface area contributed by atoms with Gasteiger partial charge in [-0.2, -0.15) is 0 Å². The summed E-state index contributed by atoms with van der Waals surface area (Å²) < 4.78 is 13.0. The largest absolute Gasteiger partial charge is 0.497 e. The van der Waals surface area contributed by atoms with E-state index in [1.807, 2.05) is 54.3 Å². The Morgan fingerprint density at radius 1 is 1.06 bits per heavy atom. The molecule has 0 spiro atoms. The molecule has 7 nitrogen and oxygen atoms in total. The SMILES string of the molecule is COc1cc(OC)cc(N(CCCCNC(C)C)c2ccc(/N=C\C(=N)c3ccn(C)c3)c(C)c2)c1. The van der Waals surface area contributed by atoms with Gasteiger partial charge in [0.2, 0.25) is 0 Å². The summed E-state index contributed by atoms with van der Waals surface area (Å²) in [6, 6.07) is 14.6. The molecule has 0 radical (unpaired) electrons. The van der Waals surface area contributed by atoms with Gasteiger partial charge in [-0.15, -0.1) is 0 Å². The highest BCUT2D eigenvalue weighted by molar-refractivity contribution is 6.37. The smallest absolute Gasteiger partial charge is 0.124 e. The van der Waals surface area contributed by atoms with Gasteiger partial charge in [-0.25, -0.2) is 0 Å². The third-order valence-electron chi connectivity index (χ3n) is 5.98. The Morgan fingerprint density at radius 2 is 1.78 bits per heavy atom. The van der Waals surface area contributed by atoms with Crippen molar-refractivity contribution in [3.8, 4) is 11.5 Å². The van der Waals surface area contributed by atoms with Crippen LogP contribution in [0.2, 0.25) is 0 Å². The number of unbranched alkanes of at least 4 members (excludes halogenated alkanes) is 1. The predicted molar refractivity (Wildman–Crippen MR) is 150 cm³/mol. The summed E-state index contributed by atoms with van der Waals surface area (Å²) in [7, 11) is 5.29. The van der Waals surface area contributed by atoms with Crippen LogP contribution in [0.4, 0.5) is 17.1 Å². The van der Waals surface area contributed by atoms with Crippen LogP contribution in [-0.2, 0) is 7.05 Å². The van der Waals surface area contributed by atoms with Gasteiger partial charge >= 0.3 is 0 Å². The van der Waals surface area contributed by atoms with Crippen LogP contribution in [0.5, 0.6) is 11.5 Å². The van der Waals surface area contributed by atoms with E-state index in [9.17, 15) is 0 Å². The summed E-state index contributed by atoms with van der Waals surface area (Å²) in [4.78, 5) is 6.90. The van der Waals surface area contributed by atoms with Gasteiger partial charge in [0.25, 0.3) is 0 Å². The average molecular weight is 490 g/mol. The van der Waals surface area contributed by atoms with E-state index in [1.54, 1.807) is 20.4 Å². The second-order valence-corrected chi connectivity index (χ2v) is 9.25. The molecule has 0 aliphatic carbocycles. The van der Waals surface area contributed by atoms with Gasteiger partial charge in [0.1, 0.15) is 11.5 Å². The van der Waals surface area contributed by atoms with E-state index in [4.69, 9.17) is 14.9 Å². The molecule has 3 rings (SSSR count). The molecule has 2 aromatic carbocycles. The molecule has 1 heterocycles. The molecule has 0 aliphatic rings. The summed E-state index contributed by atoms with van der Waals surface area (Å²) in [6.45, 7) is 8.24. The molecule has 36 heavy (non-hydrogen) atoms. The first-order valence-corrected chi connectivity index (χ1v) is 12.4. The number of hydrogen-bond donors (Lipinski definition) is 2. The Labute approximate surface area is 215 Å². The van der Waals surface area contributed by atoms with E-state index in [0.717, 1.165) is 65.6 Å². The number of aryl methyl sites for hydroxylation is 2. The van der Waals surface area contributed by atoms with Crippen LogP contribution < -0.4 is 19.7 Å². The normalized spacial score (nSPS) is 11.3.